The molecule has 0 saturated heterocycles. The van der Waals surface area contributed by atoms with Crippen molar-refractivity contribution >= 4 is 23.0 Å². The zero-order valence-electron chi connectivity index (χ0n) is 17.0. The van der Waals surface area contributed by atoms with Gasteiger partial charge in [-0.15, -0.1) is 11.3 Å². The lowest BCUT2D eigenvalue weighted by Crippen LogP contribution is -2.17. The third-order valence-corrected chi connectivity index (χ3v) is 5.66. The average molecular weight is 420 g/mol. The standard InChI is InChI=1S/C23H21N3O3S/c1-14-4-6-17(7-5-14)23-19(30-16(3)24-23)12-22(28)29-13-18-11-21(27)26-9-8-15(2)10-20(26)25-18/h4-11H,12-13H2,1-3H3. The maximum Gasteiger partial charge on any atom is 0.311 e. The van der Waals surface area contributed by atoms with E-state index in [1.165, 1.54) is 27.4 Å². The molecule has 0 spiro atoms. The minimum absolute atomic E-state index is 0.0455. The van der Waals surface area contributed by atoms with E-state index in [-0.39, 0.29) is 24.6 Å². The number of aryl methyl sites for hydroxylation is 3. The Morgan fingerprint density at radius 1 is 1.03 bits per heavy atom. The van der Waals surface area contributed by atoms with Gasteiger partial charge in [0, 0.05) is 22.7 Å². The van der Waals surface area contributed by atoms with E-state index in [0.717, 1.165) is 26.7 Å². The summed E-state index contributed by atoms with van der Waals surface area (Å²) in [5.74, 6) is -0.377. The van der Waals surface area contributed by atoms with Crippen LogP contribution in [-0.2, 0) is 22.6 Å². The Bertz CT molecular complexity index is 1290. The second-order valence-electron chi connectivity index (χ2n) is 7.23. The van der Waals surface area contributed by atoms with Gasteiger partial charge < -0.3 is 4.74 Å². The molecule has 7 heteroatoms. The van der Waals surface area contributed by atoms with Gasteiger partial charge in [-0.05, 0) is 38.5 Å². The van der Waals surface area contributed by atoms with Crippen molar-refractivity contribution in [2.75, 3.05) is 0 Å². The molecule has 0 bridgehead atoms. The summed E-state index contributed by atoms with van der Waals surface area (Å²) in [6.07, 6.45) is 1.81. The molecule has 6 nitrogen and oxygen atoms in total. The molecular formula is C23H21N3O3S. The van der Waals surface area contributed by atoms with Crippen LogP contribution in [0, 0.1) is 20.8 Å². The Kier molecular flexibility index (Phi) is 5.46. The lowest BCUT2D eigenvalue weighted by molar-refractivity contribution is -0.144. The fourth-order valence-corrected chi connectivity index (χ4v) is 4.13. The number of pyridine rings is 1. The van der Waals surface area contributed by atoms with Crippen molar-refractivity contribution in [3.05, 3.63) is 85.7 Å². The molecular weight excluding hydrogens is 398 g/mol. The van der Waals surface area contributed by atoms with Gasteiger partial charge in [-0.25, -0.2) is 9.97 Å². The molecule has 0 fully saturated rings. The topological polar surface area (TPSA) is 73.6 Å². The molecule has 3 aromatic heterocycles. The van der Waals surface area contributed by atoms with E-state index in [2.05, 4.69) is 9.97 Å². The number of carbonyl (C=O) groups excluding carboxylic acids is 1. The molecule has 3 heterocycles. The van der Waals surface area contributed by atoms with Crippen LogP contribution < -0.4 is 5.56 Å². The number of hydrogen-bond donors (Lipinski definition) is 0. The molecule has 4 rings (SSSR count). The molecule has 0 aliphatic heterocycles. The third kappa shape index (κ3) is 4.31. The van der Waals surface area contributed by atoms with E-state index in [0.29, 0.717) is 11.3 Å². The summed E-state index contributed by atoms with van der Waals surface area (Å²) in [7, 11) is 0. The Balaban J connectivity index is 1.49. The molecule has 30 heavy (non-hydrogen) atoms. The van der Waals surface area contributed by atoms with Crippen LogP contribution in [0.1, 0.15) is 26.7 Å². The molecule has 0 amide bonds. The molecule has 0 aliphatic carbocycles. The van der Waals surface area contributed by atoms with Crippen molar-refractivity contribution in [3.63, 3.8) is 0 Å². The SMILES string of the molecule is Cc1ccc(-c2nc(C)sc2CC(=O)OCc2cc(=O)n3ccc(C)cc3n2)cc1. The van der Waals surface area contributed by atoms with Crippen LogP contribution in [0.5, 0.6) is 0 Å². The summed E-state index contributed by atoms with van der Waals surface area (Å²) in [5.41, 5.74) is 4.72. The Morgan fingerprint density at radius 3 is 2.57 bits per heavy atom. The van der Waals surface area contributed by atoms with Crippen LogP contribution in [-0.4, -0.2) is 20.3 Å². The average Bonchev–Trinajstić information content (AvgIpc) is 3.06. The molecule has 0 aliphatic rings. The van der Waals surface area contributed by atoms with E-state index in [4.69, 9.17) is 4.74 Å². The van der Waals surface area contributed by atoms with E-state index < -0.39 is 0 Å². The minimum atomic E-state index is -0.377. The monoisotopic (exact) mass is 419 g/mol. The lowest BCUT2D eigenvalue weighted by Gasteiger charge is -2.07. The number of ether oxygens (including phenoxy) is 1. The Labute approximate surface area is 177 Å². The molecule has 1 aromatic carbocycles. The van der Waals surface area contributed by atoms with Crippen molar-refractivity contribution in [2.24, 2.45) is 0 Å². The van der Waals surface area contributed by atoms with Crippen LogP contribution in [0.2, 0.25) is 0 Å². The van der Waals surface area contributed by atoms with Gasteiger partial charge in [0.1, 0.15) is 12.3 Å². The molecule has 4 aromatic rings. The van der Waals surface area contributed by atoms with Gasteiger partial charge in [0.05, 0.1) is 22.8 Å². The van der Waals surface area contributed by atoms with Gasteiger partial charge in [-0.3, -0.25) is 14.0 Å². The van der Waals surface area contributed by atoms with Gasteiger partial charge in [-0.1, -0.05) is 29.8 Å². The van der Waals surface area contributed by atoms with Crippen molar-refractivity contribution < 1.29 is 9.53 Å². The number of fused-ring (bicyclic) bond motifs is 1. The maximum atomic E-state index is 12.5. The molecule has 0 radical (unpaired) electrons. The number of rotatable bonds is 5. The quantitative estimate of drug-likeness (QED) is 0.457. The van der Waals surface area contributed by atoms with Crippen molar-refractivity contribution in [1.82, 2.24) is 14.4 Å². The molecule has 0 saturated carbocycles. The predicted octanol–water partition coefficient (Wildman–Crippen LogP) is 4.03. The molecule has 0 unspecified atom stereocenters. The first-order valence-corrected chi connectivity index (χ1v) is 10.4. The van der Waals surface area contributed by atoms with E-state index >= 15 is 0 Å². The van der Waals surface area contributed by atoms with Gasteiger partial charge in [0.2, 0.25) is 0 Å². The van der Waals surface area contributed by atoms with Crippen LogP contribution >= 0.6 is 11.3 Å². The normalized spacial score (nSPS) is 11.0. The maximum absolute atomic E-state index is 12.5. The van der Waals surface area contributed by atoms with Crippen molar-refractivity contribution in [2.45, 2.75) is 33.8 Å². The van der Waals surface area contributed by atoms with E-state index in [1.807, 2.05) is 57.2 Å². The fraction of sp³-hybridized carbons (Fsp3) is 0.217. The van der Waals surface area contributed by atoms with Gasteiger partial charge >= 0.3 is 5.97 Å². The summed E-state index contributed by atoms with van der Waals surface area (Å²) in [6.45, 7) is 5.84. The lowest BCUT2D eigenvalue weighted by atomic mass is 10.1. The number of carbonyl (C=O) groups is 1. The number of benzene rings is 1. The third-order valence-electron chi connectivity index (χ3n) is 4.69. The highest BCUT2D eigenvalue weighted by atomic mass is 32.1. The Hall–Kier alpha value is -3.32. The number of aromatic nitrogens is 3. The van der Waals surface area contributed by atoms with Crippen LogP contribution in [0.15, 0.2) is 53.5 Å². The van der Waals surface area contributed by atoms with E-state index in [9.17, 15) is 9.59 Å². The first-order valence-electron chi connectivity index (χ1n) is 9.57. The summed E-state index contributed by atoms with van der Waals surface area (Å²) < 4.78 is 6.88. The number of hydrogen-bond acceptors (Lipinski definition) is 6. The largest absolute Gasteiger partial charge is 0.459 e. The summed E-state index contributed by atoms with van der Waals surface area (Å²) in [5, 5.41) is 0.896. The highest BCUT2D eigenvalue weighted by Crippen LogP contribution is 2.29. The zero-order chi connectivity index (χ0) is 21.3. The summed E-state index contributed by atoms with van der Waals surface area (Å²) in [6, 6.07) is 13.1. The fourth-order valence-electron chi connectivity index (χ4n) is 3.19. The first kappa shape index (κ1) is 20.0. The molecule has 0 N–H and O–H groups in total. The smallest absolute Gasteiger partial charge is 0.311 e. The van der Waals surface area contributed by atoms with E-state index in [1.54, 1.807) is 6.20 Å². The highest BCUT2D eigenvalue weighted by Gasteiger charge is 2.16. The first-order chi connectivity index (χ1) is 14.4. The zero-order valence-corrected chi connectivity index (χ0v) is 17.8. The van der Waals surface area contributed by atoms with Gasteiger partial charge in [-0.2, -0.15) is 0 Å². The van der Waals surface area contributed by atoms with Gasteiger partial charge in [0.25, 0.3) is 5.56 Å². The number of nitrogens with zero attached hydrogens (tertiary/aromatic N) is 3. The van der Waals surface area contributed by atoms with Crippen LogP contribution in [0.3, 0.4) is 0 Å². The number of thiazole rings is 1. The second-order valence-corrected chi connectivity index (χ2v) is 8.51. The molecule has 152 valence electrons. The summed E-state index contributed by atoms with van der Waals surface area (Å²) >= 11 is 1.49. The highest BCUT2D eigenvalue weighted by molar-refractivity contribution is 7.12. The minimum Gasteiger partial charge on any atom is -0.459 e. The second kappa shape index (κ2) is 8.20. The van der Waals surface area contributed by atoms with Crippen molar-refractivity contribution in [3.8, 4) is 11.3 Å². The van der Waals surface area contributed by atoms with Crippen molar-refractivity contribution in [1.29, 1.82) is 0 Å². The molecule has 0 atom stereocenters. The summed E-state index contributed by atoms with van der Waals surface area (Å²) in [4.78, 5) is 34.6. The van der Waals surface area contributed by atoms with Gasteiger partial charge in [0.15, 0.2) is 0 Å². The van der Waals surface area contributed by atoms with Crippen LogP contribution in [0.25, 0.3) is 16.9 Å². The predicted molar refractivity (Wildman–Crippen MR) is 117 cm³/mol. The Morgan fingerprint density at radius 2 is 1.80 bits per heavy atom. The number of esters is 1. The van der Waals surface area contributed by atoms with Crippen LogP contribution in [0.4, 0.5) is 0 Å².